The summed E-state index contributed by atoms with van der Waals surface area (Å²) in [6.07, 6.45) is 12.2. The summed E-state index contributed by atoms with van der Waals surface area (Å²) in [6, 6.07) is 3.90. The molecule has 30 heavy (non-hydrogen) atoms. The average Bonchev–Trinajstić information content (AvgIpc) is 2.81. The number of ether oxygens (including phenoxy) is 2. The predicted octanol–water partition coefficient (Wildman–Crippen LogP) is 3.29. The lowest BCUT2D eigenvalue weighted by atomic mass is 9.84. The Bertz CT molecular complexity index is 868. The van der Waals surface area contributed by atoms with Gasteiger partial charge in [0.2, 0.25) is 5.95 Å². The van der Waals surface area contributed by atoms with Gasteiger partial charge in [0.15, 0.2) is 11.4 Å². The molecule has 2 N–H and O–H groups in total. The highest BCUT2D eigenvalue weighted by atomic mass is 16.5. The van der Waals surface area contributed by atoms with Crippen LogP contribution in [0, 0.1) is 11.3 Å². The quantitative estimate of drug-likeness (QED) is 0.750. The summed E-state index contributed by atoms with van der Waals surface area (Å²) < 4.78 is 11.5. The van der Waals surface area contributed by atoms with Crippen molar-refractivity contribution in [2.75, 3.05) is 25.5 Å². The van der Waals surface area contributed by atoms with Gasteiger partial charge in [0.05, 0.1) is 18.0 Å². The molecule has 1 saturated carbocycles. The Labute approximate surface area is 177 Å². The van der Waals surface area contributed by atoms with E-state index in [9.17, 15) is 5.26 Å². The molecule has 0 bridgehead atoms. The molecule has 2 fully saturated rings. The molecule has 1 aliphatic carbocycles. The molecular formula is C22H28N6O2. The Morgan fingerprint density at radius 1 is 1.07 bits per heavy atom. The molecule has 8 nitrogen and oxygen atoms in total. The second kappa shape index (κ2) is 9.83. The van der Waals surface area contributed by atoms with Gasteiger partial charge in [-0.3, -0.25) is 0 Å². The Kier molecular flexibility index (Phi) is 6.72. The Morgan fingerprint density at radius 2 is 1.87 bits per heavy atom. The fourth-order valence-electron chi connectivity index (χ4n) is 4.16. The van der Waals surface area contributed by atoms with Gasteiger partial charge in [0.25, 0.3) is 0 Å². The van der Waals surface area contributed by atoms with E-state index in [4.69, 9.17) is 9.47 Å². The maximum Gasteiger partial charge on any atom is 0.227 e. The van der Waals surface area contributed by atoms with Crippen LogP contribution in [0.5, 0.6) is 5.75 Å². The third-order valence-electron chi connectivity index (χ3n) is 5.91. The maximum absolute atomic E-state index is 9.35. The van der Waals surface area contributed by atoms with Crippen molar-refractivity contribution in [2.24, 2.45) is 0 Å². The van der Waals surface area contributed by atoms with E-state index in [0.29, 0.717) is 29.4 Å². The van der Waals surface area contributed by atoms with Gasteiger partial charge in [-0.2, -0.15) is 5.26 Å². The molecule has 2 aliphatic rings. The molecule has 2 aromatic heterocycles. The largest absolute Gasteiger partial charge is 0.486 e. The number of piperidine rings is 1. The molecule has 1 unspecified atom stereocenters. The van der Waals surface area contributed by atoms with Gasteiger partial charge in [-0.15, -0.1) is 0 Å². The molecule has 0 amide bonds. The van der Waals surface area contributed by atoms with E-state index in [1.54, 1.807) is 19.4 Å². The summed E-state index contributed by atoms with van der Waals surface area (Å²) in [5.74, 6) is 1.48. The SMILES string of the molecule is COC1CCC(c2cnc(Nc3cnc(C#N)c(OC4CCCNC4)c3)nc2)CC1. The van der Waals surface area contributed by atoms with Crippen LogP contribution in [0.2, 0.25) is 0 Å². The molecule has 0 radical (unpaired) electrons. The number of rotatable bonds is 6. The number of nitrogens with zero attached hydrogens (tertiary/aromatic N) is 4. The summed E-state index contributed by atoms with van der Waals surface area (Å²) in [7, 11) is 1.79. The first-order valence-electron chi connectivity index (χ1n) is 10.6. The summed E-state index contributed by atoms with van der Waals surface area (Å²) in [6.45, 7) is 1.78. The summed E-state index contributed by atoms with van der Waals surface area (Å²) in [5, 5.41) is 15.8. The second-order valence-electron chi connectivity index (χ2n) is 7.94. The number of methoxy groups -OCH3 is 1. The minimum absolute atomic E-state index is 0.0478. The first-order chi connectivity index (χ1) is 14.7. The number of nitrogens with one attached hydrogen (secondary N) is 2. The zero-order chi connectivity index (χ0) is 20.8. The molecule has 0 spiro atoms. The van der Waals surface area contributed by atoms with E-state index in [0.717, 1.165) is 51.6 Å². The second-order valence-corrected chi connectivity index (χ2v) is 7.94. The molecule has 1 atom stereocenters. The Morgan fingerprint density at radius 3 is 2.53 bits per heavy atom. The van der Waals surface area contributed by atoms with Crippen LogP contribution in [0.3, 0.4) is 0 Å². The van der Waals surface area contributed by atoms with Crippen LogP contribution in [0.4, 0.5) is 11.6 Å². The highest BCUT2D eigenvalue weighted by molar-refractivity contribution is 5.57. The van der Waals surface area contributed by atoms with Crippen molar-refractivity contribution in [2.45, 2.75) is 56.7 Å². The fourth-order valence-corrected chi connectivity index (χ4v) is 4.16. The maximum atomic E-state index is 9.35. The molecule has 2 aromatic rings. The highest BCUT2D eigenvalue weighted by Crippen LogP contribution is 2.33. The van der Waals surface area contributed by atoms with E-state index in [1.165, 1.54) is 5.56 Å². The van der Waals surface area contributed by atoms with Crippen LogP contribution in [-0.2, 0) is 4.74 Å². The van der Waals surface area contributed by atoms with Crippen molar-refractivity contribution in [3.05, 3.63) is 35.9 Å². The third-order valence-corrected chi connectivity index (χ3v) is 5.91. The van der Waals surface area contributed by atoms with Crippen molar-refractivity contribution in [1.82, 2.24) is 20.3 Å². The zero-order valence-electron chi connectivity index (χ0n) is 17.3. The average molecular weight is 409 g/mol. The molecule has 8 heteroatoms. The summed E-state index contributed by atoms with van der Waals surface area (Å²) >= 11 is 0. The van der Waals surface area contributed by atoms with E-state index in [1.807, 2.05) is 12.4 Å². The first kappa shape index (κ1) is 20.5. The molecule has 1 saturated heterocycles. The van der Waals surface area contributed by atoms with Gasteiger partial charge >= 0.3 is 0 Å². The van der Waals surface area contributed by atoms with Crippen molar-refractivity contribution < 1.29 is 9.47 Å². The van der Waals surface area contributed by atoms with Crippen molar-refractivity contribution >= 4 is 11.6 Å². The standard InChI is InChI=1S/C22H28N6O2/c1-29-18-6-4-15(5-7-18)16-11-26-22(27-12-16)28-17-9-21(20(10-23)25-13-17)30-19-3-2-8-24-14-19/h9,11-13,15,18-19,24H,2-8,14H2,1H3,(H,26,27,28). The molecule has 3 heterocycles. The monoisotopic (exact) mass is 408 g/mol. The number of hydrogen-bond donors (Lipinski definition) is 2. The van der Waals surface area contributed by atoms with Crippen LogP contribution < -0.4 is 15.4 Å². The van der Waals surface area contributed by atoms with Crippen molar-refractivity contribution in [1.29, 1.82) is 5.26 Å². The predicted molar refractivity (Wildman–Crippen MR) is 113 cm³/mol. The van der Waals surface area contributed by atoms with E-state index in [2.05, 4.69) is 31.7 Å². The normalized spacial score (nSPS) is 24.1. The number of hydrogen-bond acceptors (Lipinski definition) is 8. The first-order valence-corrected chi connectivity index (χ1v) is 10.6. The van der Waals surface area contributed by atoms with Crippen LogP contribution in [-0.4, -0.2) is 47.4 Å². The number of pyridine rings is 1. The number of anilines is 2. The summed E-state index contributed by atoms with van der Waals surface area (Å²) in [5.41, 5.74) is 2.15. The van der Waals surface area contributed by atoms with E-state index in [-0.39, 0.29) is 11.8 Å². The van der Waals surface area contributed by atoms with Crippen LogP contribution in [0.25, 0.3) is 0 Å². The van der Waals surface area contributed by atoms with E-state index < -0.39 is 0 Å². The van der Waals surface area contributed by atoms with Crippen molar-refractivity contribution in [3.63, 3.8) is 0 Å². The van der Waals surface area contributed by atoms with Crippen LogP contribution >= 0.6 is 0 Å². The van der Waals surface area contributed by atoms with E-state index >= 15 is 0 Å². The summed E-state index contributed by atoms with van der Waals surface area (Å²) in [4.78, 5) is 13.2. The van der Waals surface area contributed by atoms with Crippen LogP contribution in [0.15, 0.2) is 24.7 Å². The van der Waals surface area contributed by atoms with Gasteiger partial charge in [-0.05, 0) is 56.6 Å². The number of aromatic nitrogens is 3. The minimum Gasteiger partial charge on any atom is -0.486 e. The number of nitriles is 1. The smallest absolute Gasteiger partial charge is 0.227 e. The molecular weight excluding hydrogens is 380 g/mol. The molecule has 0 aromatic carbocycles. The Balaban J connectivity index is 1.41. The fraction of sp³-hybridized carbons (Fsp3) is 0.545. The molecule has 1 aliphatic heterocycles. The van der Waals surface area contributed by atoms with Gasteiger partial charge in [0.1, 0.15) is 12.2 Å². The zero-order valence-corrected chi connectivity index (χ0v) is 17.3. The highest BCUT2D eigenvalue weighted by Gasteiger charge is 2.22. The Hall–Kier alpha value is -2.76. The van der Waals surface area contributed by atoms with Gasteiger partial charge in [-0.25, -0.2) is 15.0 Å². The van der Waals surface area contributed by atoms with Gasteiger partial charge < -0.3 is 20.1 Å². The van der Waals surface area contributed by atoms with Gasteiger partial charge in [-0.1, -0.05) is 0 Å². The lowest BCUT2D eigenvalue weighted by Crippen LogP contribution is -2.37. The third kappa shape index (κ3) is 5.04. The van der Waals surface area contributed by atoms with Gasteiger partial charge in [0, 0.05) is 32.1 Å². The minimum atomic E-state index is 0.0478. The molecule has 4 rings (SSSR count). The topological polar surface area (TPSA) is 105 Å². The lowest BCUT2D eigenvalue weighted by Gasteiger charge is -2.27. The van der Waals surface area contributed by atoms with Crippen LogP contribution in [0.1, 0.15) is 55.7 Å². The molecule has 158 valence electrons. The lowest BCUT2D eigenvalue weighted by molar-refractivity contribution is 0.0658. The van der Waals surface area contributed by atoms with Crippen molar-refractivity contribution in [3.8, 4) is 11.8 Å².